The quantitative estimate of drug-likeness (QED) is 0.919. The first-order valence-corrected chi connectivity index (χ1v) is 7.34. The van der Waals surface area contributed by atoms with E-state index in [0.717, 1.165) is 22.5 Å². The van der Waals surface area contributed by atoms with Crippen LogP contribution >= 0.6 is 23.4 Å². The van der Waals surface area contributed by atoms with Gasteiger partial charge in [0.15, 0.2) is 0 Å². The summed E-state index contributed by atoms with van der Waals surface area (Å²) in [5, 5.41) is 11.8. The van der Waals surface area contributed by atoms with E-state index in [4.69, 9.17) is 20.8 Å². The molecule has 18 heavy (non-hydrogen) atoms. The lowest BCUT2D eigenvalue weighted by Gasteiger charge is -2.25. The zero-order valence-corrected chi connectivity index (χ0v) is 11.2. The molecule has 0 saturated carbocycles. The summed E-state index contributed by atoms with van der Waals surface area (Å²) in [5.41, 5.74) is 0.733. The van der Waals surface area contributed by atoms with Crippen LogP contribution in [0.15, 0.2) is 28.7 Å². The standard InChI is InChI=1S/C13H13ClO3S/c14-9-1-2-10-8(5-9)6-11(17-10)13(15)12-7-18-4-3-16-12/h1-2,5-6,12-13,15H,3-4,7H2. The second-order valence-electron chi connectivity index (χ2n) is 4.26. The highest BCUT2D eigenvalue weighted by atomic mass is 35.5. The molecule has 2 aromatic rings. The first-order valence-electron chi connectivity index (χ1n) is 5.80. The number of aliphatic hydroxyl groups excluding tert-OH is 1. The van der Waals surface area contributed by atoms with Gasteiger partial charge in [-0.3, -0.25) is 0 Å². The van der Waals surface area contributed by atoms with Crippen molar-refractivity contribution in [2.75, 3.05) is 18.1 Å². The molecular formula is C13H13ClO3S. The Morgan fingerprint density at radius 1 is 1.39 bits per heavy atom. The summed E-state index contributed by atoms with van der Waals surface area (Å²) < 4.78 is 11.2. The molecule has 2 unspecified atom stereocenters. The van der Waals surface area contributed by atoms with E-state index < -0.39 is 6.10 Å². The van der Waals surface area contributed by atoms with Gasteiger partial charge in [-0.2, -0.15) is 11.8 Å². The van der Waals surface area contributed by atoms with Crippen LogP contribution in [0.5, 0.6) is 0 Å². The maximum atomic E-state index is 10.3. The molecule has 1 aromatic carbocycles. The molecule has 1 fully saturated rings. The predicted molar refractivity (Wildman–Crippen MR) is 73.2 cm³/mol. The van der Waals surface area contributed by atoms with Gasteiger partial charge in [-0.25, -0.2) is 0 Å². The molecule has 1 saturated heterocycles. The number of hydrogen-bond donors (Lipinski definition) is 1. The number of furan rings is 1. The summed E-state index contributed by atoms with van der Waals surface area (Å²) in [6.07, 6.45) is -0.913. The lowest BCUT2D eigenvalue weighted by Crippen LogP contribution is -2.29. The van der Waals surface area contributed by atoms with E-state index >= 15 is 0 Å². The van der Waals surface area contributed by atoms with Crippen LogP contribution < -0.4 is 0 Å². The third-order valence-electron chi connectivity index (χ3n) is 2.98. The van der Waals surface area contributed by atoms with Crippen LogP contribution in [-0.2, 0) is 4.74 Å². The number of rotatable bonds is 2. The van der Waals surface area contributed by atoms with Crippen molar-refractivity contribution >= 4 is 34.3 Å². The van der Waals surface area contributed by atoms with E-state index in [0.29, 0.717) is 17.4 Å². The summed E-state index contributed by atoms with van der Waals surface area (Å²) in [7, 11) is 0. The molecule has 1 aromatic heterocycles. The molecule has 1 N–H and O–H groups in total. The van der Waals surface area contributed by atoms with Gasteiger partial charge in [0, 0.05) is 21.9 Å². The van der Waals surface area contributed by atoms with Crippen LogP contribution in [0, 0.1) is 0 Å². The van der Waals surface area contributed by atoms with E-state index in [2.05, 4.69) is 0 Å². The largest absolute Gasteiger partial charge is 0.458 e. The third kappa shape index (κ3) is 2.38. The maximum absolute atomic E-state index is 10.3. The Bertz CT molecular complexity index is 548. The third-order valence-corrected chi connectivity index (χ3v) is 4.24. The first-order chi connectivity index (χ1) is 8.74. The number of hydrogen-bond acceptors (Lipinski definition) is 4. The van der Waals surface area contributed by atoms with Gasteiger partial charge in [0.1, 0.15) is 17.4 Å². The Morgan fingerprint density at radius 3 is 3.06 bits per heavy atom. The average Bonchev–Trinajstić information content (AvgIpc) is 2.81. The molecule has 0 spiro atoms. The summed E-state index contributed by atoms with van der Waals surface area (Å²) >= 11 is 7.71. The van der Waals surface area contributed by atoms with Gasteiger partial charge in [-0.05, 0) is 24.3 Å². The van der Waals surface area contributed by atoms with Gasteiger partial charge in [-0.15, -0.1) is 0 Å². The summed E-state index contributed by atoms with van der Waals surface area (Å²) in [4.78, 5) is 0. The van der Waals surface area contributed by atoms with Crippen molar-refractivity contribution in [3.63, 3.8) is 0 Å². The molecule has 2 heterocycles. The molecule has 0 bridgehead atoms. The fourth-order valence-electron chi connectivity index (χ4n) is 2.05. The van der Waals surface area contributed by atoms with Crippen LogP contribution in [0.3, 0.4) is 0 Å². The van der Waals surface area contributed by atoms with Crippen LogP contribution in [-0.4, -0.2) is 29.3 Å². The number of thioether (sulfide) groups is 1. The van der Waals surface area contributed by atoms with Crippen LogP contribution in [0.4, 0.5) is 0 Å². The highest BCUT2D eigenvalue weighted by Gasteiger charge is 2.27. The Balaban J connectivity index is 1.88. The fraction of sp³-hybridized carbons (Fsp3) is 0.385. The first kappa shape index (κ1) is 12.4. The van der Waals surface area contributed by atoms with Crippen molar-refractivity contribution in [1.29, 1.82) is 0 Å². The number of halogens is 1. The molecule has 0 aliphatic carbocycles. The molecule has 96 valence electrons. The lowest BCUT2D eigenvalue weighted by atomic mass is 10.1. The van der Waals surface area contributed by atoms with E-state index in [1.807, 2.05) is 18.2 Å². The molecule has 1 aliphatic heterocycles. The van der Waals surface area contributed by atoms with Crippen molar-refractivity contribution in [3.05, 3.63) is 35.0 Å². The van der Waals surface area contributed by atoms with Crippen molar-refractivity contribution in [1.82, 2.24) is 0 Å². The molecule has 0 radical (unpaired) electrons. The van der Waals surface area contributed by atoms with Gasteiger partial charge in [0.25, 0.3) is 0 Å². The van der Waals surface area contributed by atoms with Crippen LogP contribution in [0.1, 0.15) is 11.9 Å². The van der Waals surface area contributed by atoms with E-state index in [-0.39, 0.29) is 6.10 Å². The molecule has 0 amide bonds. The minimum atomic E-state index is -0.719. The normalized spacial score (nSPS) is 22.2. The van der Waals surface area contributed by atoms with Gasteiger partial charge in [0.2, 0.25) is 0 Å². The van der Waals surface area contributed by atoms with Crippen molar-refractivity contribution < 1.29 is 14.3 Å². The van der Waals surface area contributed by atoms with Crippen LogP contribution in [0.25, 0.3) is 11.0 Å². The molecule has 1 aliphatic rings. The smallest absolute Gasteiger partial charge is 0.138 e. The zero-order valence-electron chi connectivity index (χ0n) is 9.64. The molecule has 2 atom stereocenters. The maximum Gasteiger partial charge on any atom is 0.138 e. The number of ether oxygens (including phenoxy) is 1. The van der Waals surface area contributed by atoms with Gasteiger partial charge in [0.05, 0.1) is 12.7 Å². The van der Waals surface area contributed by atoms with Gasteiger partial charge >= 0.3 is 0 Å². The fourth-order valence-corrected chi connectivity index (χ4v) is 3.12. The minimum Gasteiger partial charge on any atom is -0.458 e. The van der Waals surface area contributed by atoms with Crippen molar-refractivity contribution in [2.24, 2.45) is 0 Å². The van der Waals surface area contributed by atoms with E-state index in [9.17, 15) is 5.11 Å². The highest BCUT2D eigenvalue weighted by Crippen LogP contribution is 2.30. The minimum absolute atomic E-state index is 0.195. The monoisotopic (exact) mass is 284 g/mol. The SMILES string of the molecule is OC(c1cc2cc(Cl)ccc2o1)C1CSCCO1. The Morgan fingerprint density at radius 2 is 2.28 bits per heavy atom. The molecule has 5 heteroatoms. The van der Waals surface area contributed by atoms with E-state index in [1.54, 1.807) is 17.8 Å². The van der Waals surface area contributed by atoms with Crippen molar-refractivity contribution in [2.45, 2.75) is 12.2 Å². The topological polar surface area (TPSA) is 42.6 Å². The van der Waals surface area contributed by atoms with Gasteiger partial charge < -0.3 is 14.3 Å². The van der Waals surface area contributed by atoms with E-state index in [1.165, 1.54) is 0 Å². The van der Waals surface area contributed by atoms with Crippen molar-refractivity contribution in [3.8, 4) is 0 Å². The Labute approximate surface area is 114 Å². The highest BCUT2D eigenvalue weighted by molar-refractivity contribution is 7.99. The molecule has 3 rings (SSSR count). The zero-order chi connectivity index (χ0) is 12.5. The number of benzene rings is 1. The second-order valence-corrected chi connectivity index (χ2v) is 5.85. The Kier molecular flexibility index (Phi) is 3.52. The summed E-state index contributed by atoms with van der Waals surface area (Å²) in [5.74, 6) is 2.32. The predicted octanol–water partition coefficient (Wildman–Crippen LogP) is 3.25. The Hall–Kier alpha value is -0.680. The second kappa shape index (κ2) is 5.13. The lowest BCUT2D eigenvalue weighted by molar-refractivity contribution is -0.0311. The molecular weight excluding hydrogens is 272 g/mol. The van der Waals surface area contributed by atoms with Gasteiger partial charge in [-0.1, -0.05) is 11.6 Å². The molecule has 3 nitrogen and oxygen atoms in total. The number of aliphatic hydroxyl groups is 1. The average molecular weight is 285 g/mol. The summed E-state index contributed by atoms with van der Waals surface area (Å²) in [6.45, 7) is 0.679. The summed E-state index contributed by atoms with van der Waals surface area (Å²) in [6, 6.07) is 7.24. The van der Waals surface area contributed by atoms with Crippen LogP contribution in [0.2, 0.25) is 5.02 Å². The number of fused-ring (bicyclic) bond motifs is 1.